The van der Waals surface area contributed by atoms with Crippen LogP contribution >= 0.6 is 0 Å². The van der Waals surface area contributed by atoms with E-state index in [2.05, 4.69) is 21.5 Å². The van der Waals surface area contributed by atoms with Crippen LogP contribution in [0, 0.1) is 11.3 Å². The number of hydrogen-bond donors (Lipinski definition) is 1. The fourth-order valence-electron chi connectivity index (χ4n) is 2.49. The van der Waals surface area contributed by atoms with Gasteiger partial charge in [0.15, 0.2) is 0 Å². The van der Waals surface area contributed by atoms with Crippen LogP contribution in [0.25, 0.3) is 0 Å². The standard InChI is InChI=1S/C16H20N4O2/c1-2-3-15(19-18-12-21)13-4-5-16(14(10-13)11-17)20-6-8-22-9-7-20/h4-5,10,12H,2-3,6-9H2,1H3,(H,18,21)/b19-15+. The van der Waals surface area contributed by atoms with Crippen LogP contribution in [0.15, 0.2) is 23.3 Å². The Morgan fingerprint density at radius 1 is 1.50 bits per heavy atom. The summed E-state index contributed by atoms with van der Waals surface area (Å²) in [6.07, 6.45) is 2.19. The maximum atomic E-state index is 10.4. The van der Waals surface area contributed by atoms with Gasteiger partial charge in [-0.1, -0.05) is 19.4 Å². The van der Waals surface area contributed by atoms with Crippen LogP contribution < -0.4 is 10.3 Å². The fourth-order valence-corrected chi connectivity index (χ4v) is 2.49. The van der Waals surface area contributed by atoms with Crippen molar-refractivity contribution in [2.45, 2.75) is 19.8 Å². The van der Waals surface area contributed by atoms with Crippen LogP contribution in [-0.4, -0.2) is 38.4 Å². The minimum absolute atomic E-state index is 0.545. The molecule has 0 unspecified atom stereocenters. The van der Waals surface area contributed by atoms with Gasteiger partial charge in [0, 0.05) is 13.1 Å². The number of carbonyl (C=O) groups is 1. The molecule has 6 heteroatoms. The molecule has 1 N–H and O–H groups in total. The predicted octanol–water partition coefficient (Wildman–Crippen LogP) is 1.65. The van der Waals surface area contributed by atoms with Gasteiger partial charge in [-0.25, -0.2) is 5.43 Å². The van der Waals surface area contributed by atoms with Crippen LogP contribution in [-0.2, 0) is 9.53 Å². The van der Waals surface area contributed by atoms with Gasteiger partial charge in [0.2, 0.25) is 6.41 Å². The van der Waals surface area contributed by atoms with Crippen molar-refractivity contribution in [2.24, 2.45) is 5.10 Å². The molecule has 2 rings (SSSR count). The number of nitrogens with one attached hydrogen (secondary N) is 1. The molecule has 1 amide bonds. The molecule has 0 aromatic heterocycles. The average molecular weight is 300 g/mol. The number of morpholine rings is 1. The summed E-state index contributed by atoms with van der Waals surface area (Å²) in [5.41, 5.74) is 5.53. The van der Waals surface area contributed by atoms with E-state index in [0.29, 0.717) is 25.2 Å². The minimum atomic E-state index is 0.545. The third-order valence-electron chi connectivity index (χ3n) is 3.54. The third kappa shape index (κ3) is 3.83. The Kier molecular flexibility index (Phi) is 5.92. The monoisotopic (exact) mass is 300 g/mol. The molecule has 1 aromatic carbocycles. The van der Waals surface area contributed by atoms with E-state index < -0.39 is 0 Å². The predicted molar refractivity (Wildman–Crippen MR) is 84.8 cm³/mol. The van der Waals surface area contributed by atoms with E-state index in [-0.39, 0.29) is 0 Å². The van der Waals surface area contributed by atoms with E-state index in [1.807, 2.05) is 25.1 Å². The van der Waals surface area contributed by atoms with Crippen molar-refractivity contribution in [2.75, 3.05) is 31.2 Å². The Hall–Kier alpha value is -2.39. The Balaban J connectivity index is 2.31. The average Bonchev–Trinajstić information content (AvgIpc) is 2.59. The number of carbonyl (C=O) groups excluding carboxylic acids is 1. The number of hydrazone groups is 1. The normalized spacial score (nSPS) is 15.3. The largest absolute Gasteiger partial charge is 0.378 e. The molecule has 116 valence electrons. The van der Waals surface area contributed by atoms with Crippen molar-refractivity contribution in [3.05, 3.63) is 29.3 Å². The highest BCUT2D eigenvalue weighted by molar-refractivity contribution is 6.01. The zero-order valence-electron chi connectivity index (χ0n) is 12.7. The van der Waals surface area contributed by atoms with Gasteiger partial charge in [0.1, 0.15) is 6.07 Å². The molecule has 0 bridgehead atoms. The lowest BCUT2D eigenvalue weighted by atomic mass is 10.0. The Morgan fingerprint density at radius 2 is 2.27 bits per heavy atom. The fraction of sp³-hybridized carbons (Fsp3) is 0.438. The number of anilines is 1. The summed E-state index contributed by atoms with van der Waals surface area (Å²) in [5, 5.41) is 13.5. The number of ether oxygens (including phenoxy) is 1. The molecule has 1 heterocycles. The van der Waals surface area contributed by atoms with Crippen LogP contribution in [0.5, 0.6) is 0 Å². The quantitative estimate of drug-likeness (QED) is 0.492. The van der Waals surface area contributed by atoms with Gasteiger partial charge < -0.3 is 9.64 Å². The second-order valence-corrected chi connectivity index (χ2v) is 5.00. The SMILES string of the molecule is CCC/C(=N\NC=O)c1ccc(N2CCOCC2)c(C#N)c1. The summed E-state index contributed by atoms with van der Waals surface area (Å²) in [6.45, 7) is 4.98. The van der Waals surface area contributed by atoms with Gasteiger partial charge in [-0.2, -0.15) is 10.4 Å². The summed E-state index contributed by atoms with van der Waals surface area (Å²) in [7, 11) is 0. The summed E-state index contributed by atoms with van der Waals surface area (Å²) in [6, 6.07) is 8.00. The lowest BCUT2D eigenvalue weighted by molar-refractivity contribution is -0.109. The summed E-state index contributed by atoms with van der Waals surface area (Å²) in [4.78, 5) is 12.6. The van der Waals surface area contributed by atoms with Gasteiger partial charge in [0.25, 0.3) is 0 Å². The molecule has 0 saturated carbocycles. The first-order valence-corrected chi connectivity index (χ1v) is 7.43. The van der Waals surface area contributed by atoms with Crippen LogP contribution in [0.1, 0.15) is 30.9 Å². The first-order valence-electron chi connectivity index (χ1n) is 7.43. The van der Waals surface area contributed by atoms with E-state index >= 15 is 0 Å². The van der Waals surface area contributed by atoms with E-state index in [9.17, 15) is 10.1 Å². The topological polar surface area (TPSA) is 77.7 Å². The van der Waals surface area contributed by atoms with E-state index in [1.54, 1.807) is 0 Å². The molecule has 22 heavy (non-hydrogen) atoms. The summed E-state index contributed by atoms with van der Waals surface area (Å²) < 4.78 is 5.35. The molecule has 0 aliphatic carbocycles. The molecule has 1 fully saturated rings. The lowest BCUT2D eigenvalue weighted by Gasteiger charge is -2.29. The molecule has 1 aromatic rings. The molecule has 6 nitrogen and oxygen atoms in total. The highest BCUT2D eigenvalue weighted by Crippen LogP contribution is 2.23. The maximum Gasteiger partial charge on any atom is 0.227 e. The van der Waals surface area contributed by atoms with Crippen molar-refractivity contribution in [3.63, 3.8) is 0 Å². The van der Waals surface area contributed by atoms with Gasteiger partial charge in [0.05, 0.1) is 30.2 Å². The molecule has 0 atom stereocenters. The van der Waals surface area contributed by atoms with Crippen LogP contribution in [0.4, 0.5) is 5.69 Å². The Bertz CT molecular complexity index is 586. The van der Waals surface area contributed by atoms with Gasteiger partial charge in [-0.3, -0.25) is 4.79 Å². The lowest BCUT2D eigenvalue weighted by Crippen LogP contribution is -2.36. The highest BCUT2D eigenvalue weighted by Gasteiger charge is 2.16. The molecular formula is C16H20N4O2. The number of hydrogen-bond acceptors (Lipinski definition) is 5. The minimum Gasteiger partial charge on any atom is -0.378 e. The van der Waals surface area contributed by atoms with Crippen molar-refractivity contribution in [1.82, 2.24) is 5.43 Å². The molecule has 0 radical (unpaired) electrons. The molecule has 1 aliphatic heterocycles. The van der Waals surface area contributed by atoms with Crippen molar-refractivity contribution in [1.29, 1.82) is 5.26 Å². The van der Waals surface area contributed by atoms with Crippen LogP contribution in [0.2, 0.25) is 0 Å². The smallest absolute Gasteiger partial charge is 0.227 e. The Morgan fingerprint density at radius 3 is 2.91 bits per heavy atom. The van der Waals surface area contributed by atoms with Crippen LogP contribution in [0.3, 0.4) is 0 Å². The number of benzene rings is 1. The molecule has 1 saturated heterocycles. The number of nitriles is 1. The second-order valence-electron chi connectivity index (χ2n) is 5.00. The van der Waals surface area contributed by atoms with E-state index in [4.69, 9.17) is 4.74 Å². The third-order valence-corrected chi connectivity index (χ3v) is 3.54. The molecular weight excluding hydrogens is 280 g/mol. The van der Waals surface area contributed by atoms with Crippen molar-refractivity contribution >= 4 is 17.8 Å². The van der Waals surface area contributed by atoms with Gasteiger partial charge in [-0.05, 0) is 24.1 Å². The maximum absolute atomic E-state index is 10.4. The molecule has 0 spiro atoms. The van der Waals surface area contributed by atoms with E-state index in [0.717, 1.165) is 42.9 Å². The summed E-state index contributed by atoms with van der Waals surface area (Å²) in [5.74, 6) is 0. The van der Waals surface area contributed by atoms with Gasteiger partial charge >= 0.3 is 0 Å². The van der Waals surface area contributed by atoms with Crippen molar-refractivity contribution in [3.8, 4) is 6.07 Å². The second kappa shape index (κ2) is 8.15. The molecule has 1 aliphatic rings. The number of amides is 1. The zero-order chi connectivity index (χ0) is 15.8. The zero-order valence-corrected chi connectivity index (χ0v) is 12.7. The summed E-state index contributed by atoms with van der Waals surface area (Å²) >= 11 is 0. The Labute approximate surface area is 130 Å². The van der Waals surface area contributed by atoms with Crippen molar-refractivity contribution < 1.29 is 9.53 Å². The first-order chi connectivity index (χ1) is 10.8. The van der Waals surface area contributed by atoms with E-state index in [1.165, 1.54) is 0 Å². The number of rotatable bonds is 6. The highest BCUT2D eigenvalue weighted by atomic mass is 16.5. The van der Waals surface area contributed by atoms with Gasteiger partial charge in [-0.15, -0.1) is 0 Å². The number of nitrogens with zero attached hydrogens (tertiary/aromatic N) is 3. The first kappa shape index (κ1) is 16.0.